The summed E-state index contributed by atoms with van der Waals surface area (Å²) in [6.45, 7) is 5.37. The van der Waals surface area contributed by atoms with E-state index < -0.39 is 23.6 Å². The molecule has 0 saturated heterocycles. The van der Waals surface area contributed by atoms with E-state index in [4.69, 9.17) is 18.9 Å². The molecule has 0 aliphatic carbocycles. The molecule has 1 aromatic heterocycles. The normalized spacial score (nSPS) is 14.2. The highest BCUT2D eigenvalue weighted by molar-refractivity contribution is 5.70. The lowest BCUT2D eigenvalue weighted by Gasteiger charge is -2.25. The summed E-state index contributed by atoms with van der Waals surface area (Å²) < 4.78 is 36.0. The van der Waals surface area contributed by atoms with Crippen molar-refractivity contribution in [3.63, 3.8) is 0 Å². The molecule has 0 spiro atoms. The SMILES string of the molecule is COc1cc(Nc2nc(Nc3ccc4c(c3)C(NC(=O)OC(C)(C)C)C=CO4)ncc2F)cc(OC)c1. The molecule has 0 radical (unpaired) electrons. The van der Waals surface area contributed by atoms with Crippen molar-refractivity contribution in [2.75, 3.05) is 24.9 Å². The van der Waals surface area contributed by atoms with Crippen LogP contribution in [-0.4, -0.2) is 35.9 Å². The highest BCUT2D eigenvalue weighted by Gasteiger charge is 2.24. The number of hydrogen-bond acceptors (Lipinski definition) is 9. The summed E-state index contributed by atoms with van der Waals surface area (Å²) in [6.07, 6.45) is 3.72. The van der Waals surface area contributed by atoms with Crippen LogP contribution in [0.5, 0.6) is 17.2 Å². The molecule has 0 bridgehead atoms. The number of anilines is 4. The van der Waals surface area contributed by atoms with Crippen LogP contribution in [0.25, 0.3) is 0 Å². The van der Waals surface area contributed by atoms with Crippen LogP contribution in [0.2, 0.25) is 0 Å². The summed E-state index contributed by atoms with van der Waals surface area (Å²) in [7, 11) is 3.05. The minimum absolute atomic E-state index is 0.0403. The Morgan fingerprint density at radius 1 is 1.03 bits per heavy atom. The van der Waals surface area contributed by atoms with Crippen LogP contribution in [0.3, 0.4) is 0 Å². The Hall–Kier alpha value is -4.54. The molecule has 0 saturated carbocycles. The number of ether oxygens (including phenoxy) is 4. The van der Waals surface area contributed by atoms with Crippen molar-refractivity contribution >= 4 is 29.2 Å². The number of benzene rings is 2. The number of alkyl carbamates (subject to hydrolysis) is 1. The average molecular weight is 510 g/mol. The van der Waals surface area contributed by atoms with E-state index in [1.807, 2.05) is 0 Å². The first kappa shape index (κ1) is 25.5. The van der Waals surface area contributed by atoms with Gasteiger partial charge in [0.15, 0.2) is 11.6 Å². The molecular formula is C26H28FN5O5. The van der Waals surface area contributed by atoms with E-state index in [9.17, 15) is 9.18 Å². The van der Waals surface area contributed by atoms with Crippen molar-refractivity contribution in [2.45, 2.75) is 32.4 Å². The number of rotatable bonds is 7. The molecule has 194 valence electrons. The first-order chi connectivity index (χ1) is 17.6. The van der Waals surface area contributed by atoms with Gasteiger partial charge in [0, 0.05) is 35.1 Å². The maximum atomic E-state index is 14.5. The van der Waals surface area contributed by atoms with Crippen molar-refractivity contribution in [2.24, 2.45) is 0 Å². The number of nitrogens with one attached hydrogen (secondary N) is 3. The molecule has 1 aliphatic heterocycles. The largest absolute Gasteiger partial charge is 0.497 e. The smallest absolute Gasteiger partial charge is 0.408 e. The van der Waals surface area contributed by atoms with E-state index in [2.05, 4.69) is 25.9 Å². The molecule has 10 nitrogen and oxygen atoms in total. The fourth-order valence-corrected chi connectivity index (χ4v) is 3.49. The van der Waals surface area contributed by atoms with Gasteiger partial charge in [0.1, 0.15) is 22.8 Å². The molecule has 3 N–H and O–H groups in total. The van der Waals surface area contributed by atoms with Gasteiger partial charge in [0.25, 0.3) is 0 Å². The topological polar surface area (TPSA) is 116 Å². The number of aromatic nitrogens is 2. The zero-order valence-corrected chi connectivity index (χ0v) is 21.1. The van der Waals surface area contributed by atoms with Crippen LogP contribution in [0.4, 0.5) is 32.3 Å². The molecule has 37 heavy (non-hydrogen) atoms. The number of fused-ring (bicyclic) bond motifs is 1. The van der Waals surface area contributed by atoms with Crippen LogP contribution < -0.4 is 30.2 Å². The lowest BCUT2D eigenvalue weighted by Crippen LogP contribution is -2.35. The fourth-order valence-electron chi connectivity index (χ4n) is 3.49. The number of hydrogen-bond donors (Lipinski definition) is 3. The molecule has 0 fully saturated rings. The Morgan fingerprint density at radius 3 is 2.43 bits per heavy atom. The molecule has 11 heteroatoms. The Morgan fingerprint density at radius 2 is 1.76 bits per heavy atom. The van der Waals surface area contributed by atoms with Crippen molar-refractivity contribution in [3.8, 4) is 17.2 Å². The quantitative estimate of drug-likeness (QED) is 0.375. The molecule has 1 atom stereocenters. The Labute approximate surface area is 213 Å². The molecule has 4 rings (SSSR count). The molecule has 1 aliphatic rings. The summed E-state index contributed by atoms with van der Waals surface area (Å²) in [5.41, 5.74) is 1.19. The second-order valence-electron chi connectivity index (χ2n) is 9.06. The van der Waals surface area contributed by atoms with E-state index in [1.165, 1.54) is 20.5 Å². The third kappa shape index (κ3) is 6.57. The van der Waals surface area contributed by atoms with Crippen molar-refractivity contribution in [1.82, 2.24) is 15.3 Å². The summed E-state index contributed by atoms with van der Waals surface area (Å²) in [5, 5.41) is 8.81. The van der Waals surface area contributed by atoms with Crippen LogP contribution in [0.1, 0.15) is 32.4 Å². The number of carbonyl (C=O) groups excluding carboxylic acids is 1. The van der Waals surface area contributed by atoms with Gasteiger partial charge in [-0.2, -0.15) is 4.98 Å². The third-order valence-electron chi connectivity index (χ3n) is 5.10. The first-order valence-corrected chi connectivity index (χ1v) is 11.4. The highest BCUT2D eigenvalue weighted by Crippen LogP contribution is 2.34. The van der Waals surface area contributed by atoms with E-state index >= 15 is 0 Å². The standard InChI is InChI=1S/C26H28FN5O5/c1-26(2,3)37-25(33)31-21-8-9-36-22-7-6-15(12-19(21)22)30-24-28-14-20(27)23(32-24)29-16-10-17(34-4)13-18(11-16)35-5/h6-14,21H,1-5H3,(H,31,33)(H2,28,29,30,32). The zero-order chi connectivity index (χ0) is 26.6. The number of carbonyl (C=O) groups is 1. The molecule has 1 unspecified atom stereocenters. The highest BCUT2D eigenvalue weighted by atomic mass is 19.1. The van der Waals surface area contributed by atoms with Gasteiger partial charge in [-0.3, -0.25) is 0 Å². The summed E-state index contributed by atoms with van der Waals surface area (Å²) in [6, 6.07) is 9.89. The van der Waals surface area contributed by atoms with Crippen molar-refractivity contribution in [1.29, 1.82) is 0 Å². The first-order valence-electron chi connectivity index (χ1n) is 11.4. The molecule has 3 aromatic rings. The lowest BCUT2D eigenvalue weighted by atomic mass is 10.0. The second-order valence-corrected chi connectivity index (χ2v) is 9.06. The molecule has 2 heterocycles. The molecule has 2 aromatic carbocycles. The predicted molar refractivity (Wildman–Crippen MR) is 136 cm³/mol. The van der Waals surface area contributed by atoms with E-state index in [1.54, 1.807) is 63.2 Å². The number of amides is 1. The van der Waals surface area contributed by atoms with Crippen molar-refractivity contribution < 1.29 is 28.1 Å². The molecular weight excluding hydrogens is 481 g/mol. The summed E-state index contributed by atoms with van der Waals surface area (Å²) >= 11 is 0. The number of halogens is 1. The van der Waals surface area contributed by atoms with Gasteiger partial charge in [0.05, 0.1) is 32.7 Å². The Kier molecular flexibility index (Phi) is 7.32. The van der Waals surface area contributed by atoms with Crippen LogP contribution in [0, 0.1) is 5.82 Å². The van der Waals surface area contributed by atoms with Crippen LogP contribution >= 0.6 is 0 Å². The predicted octanol–water partition coefficient (Wildman–Crippen LogP) is 5.59. The van der Waals surface area contributed by atoms with Gasteiger partial charge in [-0.25, -0.2) is 14.2 Å². The maximum absolute atomic E-state index is 14.5. The minimum Gasteiger partial charge on any atom is -0.497 e. The Bertz CT molecular complexity index is 1300. The fraction of sp³-hybridized carbons (Fsp3) is 0.269. The van der Waals surface area contributed by atoms with Crippen LogP contribution in [0.15, 0.2) is 54.9 Å². The van der Waals surface area contributed by atoms with Gasteiger partial charge < -0.3 is 34.9 Å². The van der Waals surface area contributed by atoms with Crippen LogP contribution in [-0.2, 0) is 4.74 Å². The number of methoxy groups -OCH3 is 2. The summed E-state index contributed by atoms with van der Waals surface area (Å²) in [4.78, 5) is 20.6. The molecule has 1 amide bonds. The van der Waals surface area contributed by atoms with Gasteiger partial charge in [-0.15, -0.1) is 0 Å². The zero-order valence-electron chi connectivity index (χ0n) is 21.1. The minimum atomic E-state index is -0.641. The van der Waals surface area contributed by atoms with E-state index in [-0.39, 0.29) is 11.8 Å². The van der Waals surface area contributed by atoms with Gasteiger partial charge in [-0.05, 0) is 45.0 Å². The monoisotopic (exact) mass is 509 g/mol. The van der Waals surface area contributed by atoms with Gasteiger partial charge in [-0.1, -0.05) is 0 Å². The van der Waals surface area contributed by atoms with Crippen molar-refractivity contribution in [3.05, 3.63) is 66.3 Å². The van der Waals surface area contributed by atoms with E-state index in [0.29, 0.717) is 34.2 Å². The average Bonchev–Trinajstić information content (AvgIpc) is 2.85. The lowest BCUT2D eigenvalue weighted by molar-refractivity contribution is 0.0512. The maximum Gasteiger partial charge on any atom is 0.408 e. The third-order valence-corrected chi connectivity index (χ3v) is 5.10. The van der Waals surface area contributed by atoms with Gasteiger partial charge in [0.2, 0.25) is 5.95 Å². The van der Waals surface area contributed by atoms with E-state index in [0.717, 1.165) is 6.20 Å². The second kappa shape index (κ2) is 10.6. The number of nitrogens with zero attached hydrogens (tertiary/aromatic N) is 2. The Balaban J connectivity index is 1.54. The van der Waals surface area contributed by atoms with Gasteiger partial charge >= 0.3 is 6.09 Å². The summed E-state index contributed by atoms with van der Waals surface area (Å²) in [5.74, 6) is 1.12.